The fourth-order valence-corrected chi connectivity index (χ4v) is 2.29. The summed E-state index contributed by atoms with van der Waals surface area (Å²) in [6.45, 7) is 0. The lowest BCUT2D eigenvalue weighted by atomic mass is 10.1. The van der Waals surface area contributed by atoms with Gasteiger partial charge in [-0.15, -0.1) is 0 Å². The molecule has 0 atom stereocenters. The third-order valence-corrected chi connectivity index (χ3v) is 3.30. The quantitative estimate of drug-likeness (QED) is 0.630. The number of H-pyrrole nitrogens is 1. The molecule has 0 aliphatic heterocycles. The van der Waals surface area contributed by atoms with Crippen LogP contribution in [0.5, 0.6) is 11.5 Å². The predicted molar refractivity (Wildman–Crippen MR) is 79.7 cm³/mol. The first-order valence-electron chi connectivity index (χ1n) is 6.04. The summed E-state index contributed by atoms with van der Waals surface area (Å²) in [4.78, 5) is 3.11. The standard InChI is InChI=1S/C15H12N2O2S/c18-12-6-4-11(5-7-12)17-9-14(16-15(17)20)10-2-1-3-13(19)8-10/h1-9,18-19H,(H,16,20). The Morgan fingerprint density at radius 1 is 0.950 bits per heavy atom. The zero-order chi connectivity index (χ0) is 14.1. The van der Waals surface area contributed by atoms with Crippen LogP contribution < -0.4 is 0 Å². The van der Waals surface area contributed by atoms with Crippen LogP contribution in [0.25, 0.3) is 16.9 Å². The van der Waals surface area contributed by atoms with Gasteiger partial charge in [-0.25, -0.2) is 0 Å². The van der Waals surface area contributed by atoms with E-state index in [4.69, 9.17) is 12.2 Å². The van der Waals surface area contributed by atoms with Crippen molar-refractivity contribution in [1.29, 1.82) is 0 Å². The second kappa shape index (κ2) is 4.86. The highest BCUT2D eigenvalue weighted by Crippen LogP contribution is 2.23. The molecular weight excluding hydrogens is 272 g/mol. The summed E-state index contributed by atoms with van der Waals surface area (Å²) >= 11 is 5.30. The number of nitrogens with zero attached hydrogens (tertiary/aromatic N) is 1. The van der Waals surface area contributed by atoms with E-state index >= 15 is 0 Å². The molecule has 2 aromatic carbocycles. The fraction of sp³-hybridized carbons (Fsp3) is 0. The summed E-state index contributed by atoms with van der Waals surface area (Å²) in [7, 11) is 0. The summed E-state index contributed by atoms with van der Waals surface area (Å²) in [5.74, 6) is 0.420. The first kappa shape index (κ1) is 12.5. The van der Waals surface area contributed by atoms with Crippen LogP contribution in [-0.2, 0) is 0 Å². The minimum absolute atomic E-state index is 0.208. The fourth-order valence-electron chi connectivity index (χ4n) is 2.02. The van der Waals surface area contributed by atoms with Crippen molar-refractivity contribution in [3.05, 3.63) is 59.5 Å². The van der Waals surface area contributed by atoms with E-state index in [0.717, 1.165) is 16.9 Å². The Labute approximate surface area is 120 Å². The highest BCUT2D eigenvalue weighted by atomic mass is 32.1. The van der Waals surface area contributed by atoms with Gasteiger partial charge < -0.3 is 15.2 Å². The Morgan fingerprint density at radius 3 is 2.40 bits per heavy atom. The van der Waals surface area contributed by atoms with Crippen LogP contribution >= 0.6 is 12.2 Å². The van der Waals surface area contributed by atoms with Gasteiger partial charge in [0.05, 0.1) is 5.69 Å². The zero-order valence-electron chi connectivity index (χ0n) is 10.4. The van der Waals surface area contributed by atoms with Gasteiger partial charge in [0.1, 0.15) is 11.5 Å². The SMILES string of the molecule is Oc1ccc(-n2cc(-c3cccc(O)c3)[nH]c2=S)cc1. The van der Waals surface area contributed by atoms with Gasteiger partial charge in [-0.05, 0) is 48.6 Å². The molecule has 4 nitrogen and oxygen atoms in total. The van der Waals surface area contributed by atoms with Crippen LogP contribution in [-0.4, -0.2) is 19.8 Å². The molecule has 0 fully saturated rings. The molecule has 0 aliphatic rings. The highest BCUT2D eigenvalue weighted by molar-refractivity contribution is 7.71. The van der Waals surface area contributed by atoms with Crippen LogP contribution in [0, 0.1) is 4.77 Å². The smallest absolute Gasteiger partial charge is 0.182 e. The van der Waals surface area contributed by atoms with Crippen molar-refractivity contribution in [2.24, 2.45) is 0 Å². The Kier molecular flexibility index (Phi) is 3.04. The van der Waals surface area contributed by atoms with Gasteiger partial charge in [0.2, 0.25) is 0 Å². The lowest BCUT2D eigenvalue weighted by Crippen LogP contribution is -1.90. The Hall–Kier alpha value is -2.53. The third-order valence-electron chi connectivity index (χ3n) is 3.00. The average Bonchev–Trinajstić information content (AvgIpc) is 2.82. The topological polar surface area (TPSA) is 61.2 Å². The van der Waals surface area contributed by atoms with E-state index in [1.165, 1.54) is 0 Å². The highest BCUT2D eigenvalue weighted by Gasteiger charge is 2.05. The summed E-state index contributed by atoms with van der Waals surface area (Å²) < 4.78 is 2.36. The molecule has 0 aliphatic carbocycles. The van der Waals surface area contributed by atoms with E-state index in [1.54, 1.807) is 42.5 Å². The Balaban J connectivity index is 2.07. The van der Waals surface area contributed by atoms with E-state index in [1.807, 2.05) is 16.8 Å². The molecular formula is C15H12N2O2S. The molecule has 1 aromatic heterocycles. The van der Waals surface area contributed by atoms with Crippen LogP contribution in [0.2, 0.25) is 0 Å². The lowest BCUT2D eigenvalue weighted by Gasteiger charge is -2.01. The molecule has 5 heteroatoms. The number of aromatic hydroxyl groups is 2. The number of hydrogen-bond donors (Lipinski definition) is 3. The van der Waals surface area contributed by atoms with Gasteiger partial charge in [-0.2, -0.15) is 0 Å². The first-order valence-corrected chi connectivity index (χ1v) is 6.45. The maximum atomic E-state index is 9.52. The van der Waals surface area contributed by atoms with Gasteiger partial charge in [0.15, 0.2) is 4.77 Å². The lowest BCUT2D eigenvalue weighted by molar-refractivity contribution is 0.475. The number of imidazole rings is 1. The minimum atomic E-state index is 0.208. The second-order valence-corrected chi connectivity index (χ2v) is 4.80. The van der Waals surface area contributed by atoms with E-state index in [2.05, 4.69) is 4.98 Å². The number of benzene rings is 2. The largest absolute Gasteiger partial charge is 0.508 e. The molecule has 100 valence electrons. The van der Waals surface area contributed by atoms with E-state index in [9.17, 15) is 10.2 Å². The number of nitrogens with one attached hydrogen (secondary N) is 1. The number of rotatable bonds is 2. The zero-order valence-corrected chi connectivity index (χ0v) is 11.3. The molecule has 1 heterocycles. The summed E-state index contributed by atoms with van der Waals surface area (Å²) in [5, 5.41) is 18.8. The second-order valence-electron chi connectivity index (χ2n) is 4.41. The van der Waals surface area contributed by atoms with Crippen molar-refractivity contribution in [2.45, 2.75) is 0 Å². The molecule has 3 N–H and O–H groups in total. The van der Waals surface area contributed by atoms with Gasteiger partial charge in [-0.1, -0.05) is 12.1 Å². The summed E-state index contributed by atoms with van der Waals surface area (Å²) in [6.07, 6.45) is 1.86. The predicted octanol–water partition coefficient (Wildman–Crippen LogP) is 3.61. The average molecular weight is 284 g/mol. The van der Waals surface area contributed by atoms with E-state index < -0.39 is 0 Å². The molecule has 3 aromatic rings. The molecule has 0 unspecified atom stereocenters. The van der Waals surface area contributed by atoms with Crippen LogP contribution in [0.4, 0.5) is 0 Å². The van der Waals surface area contributed by atoms with Crippen molar-refractivity contribution in [1.82, 2.24) is 9.55 Å². The maximum Gasteiger partial charge on any atom is 0.182 e. The molecule has 0 radical (unpaired) electrons. The van der Waals surface area contributed by atoms with E-state index in [-0.39, 0.29) is 11.5 Å². The number of aromatic amines is 1. The van der Waals surface area contributed by atoms with E-state index in [0.29, 0.717) is 4.77 Å². The van der Waals surface area contributed by atoms with Crippen LogP contribution in [0.15, 0.2) is 54.7 Å². The van der Waals surface area contributed by atoms with Crippen molar-refractivity contribution in [3.8, 4) is 28.4 Å². The third kappa shape index (κ3) is 2.31. The first-order chi connectivity index (χ1) is 9.63. The molecule has 3 rings (SSSR count). The Morgan fingerprint density at radius 2 is 1.70 bits per heavy atom. The van der Waals surface area contributed by atoms with Crippen molar-refractivity contribution < 1.29 is 10.2 Å². The maximum absolute atomic E-state index is 9.52. The van der Waals surface area contributed by atoms with Crippen molar-refractivity contribution in [3.63, 3.8) is 0 Å². The van der Waals surface area contributed by atoms with Crippen LogP contribution in [0.3, 0.4) is 0 Å². The van der Waals surface area contributed by atoms with Crippen molar-refractivity contribution in [2.75, 3.05) is 0 Å². The molecule has 0 saturated heterocycles. The molecule has 0 spiro atoms. The number of aromatic nitrogens is 2. The normalized spacial score (nSPS) is 10.6. The minimum Gasteiger partial charge on any atom is -0.508 e. The number of phenolic OH excluding ortho intramolecular Hbond substituents is 2. The van der Waals surface area contributed by atoms with Gasteiger partial charge >= 0.3 is 0 Å². The number of hydrogen-bond acceptors (Lipinski definition) is 3. The molecule has 0 saturated carbocycles. The number of phenols is 2. The van der Waals surface area contributed by atoms with Gasteiger partial charge in [-0.3, -0.25) is 4.57 Å². The monoisotopic (exact) mass is 284 g/mol. The molecule has 0 bridgehead atoms. The molecule has 20 heavy (non-hydrogen) atoms. The van der Waals surface area contributed by atoms with Crippen molar-refractivity contribution >= 4 is 12.2 Å². The van der Waals surface area contributed by atoms with Crippen LogP contribution in [0.1, 0.15) is 0 Å². The molecule has 0 amide bonds. The Bertz CT molecular complexity index is 803. The van der Waals surface area contributed by atoms with Gasteiger partial charge in [0, 0.05) is 17.4 Å². The summed E-state index contributed by atoms with van der Waals surface area (Å²) in [6, 6.07) is 13.7. The summed E-state index contributed by atoms with van der Waals surface area (Å²) in [5.41, 5.74) is 2.53. The van der Waals surface area contributed by atoms with Gasteiger partial charge in [0.25, 0.3) is 0 Å².